The lowest BCUT2D eigenvalue weighted by molar-refractivity contribution is -0.126. The maximum Gasteiger partial charge on any atom is 0.246 e. The number of nitrogens with zero attached hydrogens (tertiary/aromatic N) is 2. The highest BCUT2D eigenvalue weighted by atomic mass is 35.5. The van der Waals surface area contributed by atoms with Gasteiger partial charge in [-0.3, -0.25) is 9.78 Å². The monoisotopic (exact) mass is 504 g/mol. The Morgan fingerprint density at radius 2 is 2.06 bits per heavy atom. The third-order valence-electron chi connectivity index (χ3n) is 6.42. The van der Waals surface area contributed by atoms with E-state index in [-0.39, 0.29) is 12.0 Å². The molecule has 0 spiro atoms. The smallest absolute Gasteiger partial charge is 0.246 e. The van der Waals surface area contributed by atoms with Crippen LogP contribution in [-0.4, -0.2) is 48.3 Å². The Bertz CT molecular complexity index is 1230. The van der Waals surface area contributed by atoms with Crippen molar-refractivity contribution in [3.05, 3.63) is 83.2 Å². The Morgan fingerprint density at radius 1 is 1.14 bits per heavy atom. The van der Waals surface area contributed by atoms with Crippen LogP contribution in [-0.2, 0) is 16.1 Å². The van der Waals surface area contributed by atoms with Crippen molar-refractivity contribution in [2.75, 3.05) is 26.4 Å². The summed E-state index contributed by atoms with van der Waals surface area (Å²) in [5.74, 6) is 1.25. The highest BCUT2D eigenvalue weighted by Gasteiger charge is 2.24. The van der Waals surface area contributed by atoms with Gasteiger partial charge in [-0.15, -0.1) is 0 Å². The van der Waals surface area contributed by atoms with E-state index in [1.807, 2.05) is 48.7 Å². The van der Waals surface area contributed by atoms with Crippen LogP contribution in [0.15, 0.2) is 67.0 Å². The van der Waals surface area contributed by atoms with E-state index >= 15 is 0 Å². The molecule has 2 aliphatic rings. The van der Waals surface area contributed by atoms with Gasteiger partial charge in [0.05, 0.1) is 12.6 Å². The van der Waals surface area contributed by atoms with Gasteiger partial charge in [0.25, 0.3) is 0 Å². The summed E-state index contributed by atoms with van der Waals surface area (Å²) < 4.78 is 18.3. The molecule has 1 saturated heterocycles. The van der Waals surface area contributed by atoms with Crippen molar-refractivity contribution in [1.29, 1.82) is 0 Å². The van der Waals surface area contributed by atoms with Crippen molar-refractivity contribution in [1.82, 2.24) is 9.88 Å². The van der Waals surface area contributed by atoms with Crippen molar-refractivity contribution in [3.63, 3.8) is 0 Å². The molecule has 0 unspecified atom stereocenters. The zero-order valence-corrected chi connectivity index (χ0v) is 20.8. The molecule has 0 radical (unpaired) electrons. The van der Waals surface area contributed by atoms with Gasteiger partial charge in [-0.25, -0.2) is 0 Å². The summed E-state index contributed by atoms with van der Waals surface area (Å²) in [6.45, 7) is 2.49. The summed E-state index contributed by atoms with van der Waals surface area (Å²) in [4.78, 5) is 19.1. The molecule has 1 aromatic heterocycles. The quantitative estimate of drug-likeness (QED) is 0.398. The number of halogens is 1. The molecule has 3 heterocycles. The van der Waals surface area contributed by atoms with Gasteiger partial charge in [-0.1, -0.05) is 35.9 Å². The van der Waals surface area contributed by atoms with Crippen LogP contribution in [0, 0.1) is 0 Å². The summed E-state index contributed by atoms with van der Waals surface area (Å²) >= 11 is 6.24. The first-order chi connectivity index (χ1) is 17.7. The lowest BCUT2D eigenvalue weighted by Crippen LogP contribution is -2.30. The van der Waals surface area contributed by atoms with E-state index in [1.54, 1.807) is 23.2 Å². The van der Waals surface area contributed by atoms with E-state index in [9.17, 15) is 4.79 Å². The average molecular weight is 505 g/mol. The zero-order valence-electron chi connectivity index (χ0n) is 20.1. The lowest BCUT2D eigenvalue weighted by atomic mass is 10.0. The van der Waals surface area contributed by atoms with Crippen LogP contribution < -0.4 is 9.47 Å². The first-order valence-electron chi connectivity index (χ1n) is 12.3. The molecule has 1 atom stereocenters. The van der Waals surface area contributed by atoms with E-state index in [1.165, 1.54) is 0 Å². The average Bonchev–Trinajstić information content (AvgIpc) is 3.15. The van der Waals surface area contributed by atoms with E-state index in [0.717, 1.165) is 48.1 Å². The fraction of sp³-hybridized carbons (Fsp3) is 0.310. The van der Waals surface area contributed by atoms with E-state index in [2.05, 4.69) is 11.1 Å². The van der Waals surface area contributed by atoms with E-state index in [0.29, 0.717) is 42.8 Å². The van der Waals surface area contributed by atoms with Gasteiger partial charge in [-0.2, -0.15) is 0 Å². The second-order valence-electron chi connectivity index (χ2n) is 8.97. The molecule has 36 heavy (non-hydrogen) atoms. The maximum atomic E-state index is 13.1. The SMILES string of the molecule is O=C(/C=C/c1ccccc1Cl)N1CCOc2c(cc(-c3cccnc3)cc2OC[C@@H]2CCCCO2)C1. The molecule has 2 aliphatic heterocycles. The number of hydrogen-bond donors (Lipinski definition) is 0. The molecule has 1 amide bonds. The Morgan fingerprint density at radius 3 is 2.86 bits per heavy atom. The molecular formula is C29H29ClN2O4. The Kier molecular flexibility index (Phi) is 7.84. The number of benzene rings is 2. The van der Waals surface area contributed by atoms with Crippen molar-refractivity contribution in [2.45, 2.75) is 31.9 Å². The van der Waals surface area contributed by atoms with Crippen LogP contribution >= 0.6 is 11.6 Å². The number of amides is 1. The highest BCUT2D eigenvalue weighted by Crippen LogP contribution is 2.39. The molecule has 2 aromatic carbocycles. The number of rotatable bonds is 6. The standard InChI is InChI=1S/C29H29ClN2O4/c30-26-9-2-1-6-21(26)10-11-28(33)32-13-15-35-29-24(19-32)16-23(22-7-5-12-31-18-22)17-27(29)36-20-25-8-3-4-14-34-25/h1-2,5-7,9-12,16-18,25H,3-4,8,13-15,19-20H2/b11-10+/t25-/m0/s1. The number of hydrogen-bond acceptors (Lipinski definition) is 5. The van der Waals surface area contributed by atoms with Crippen LogP contribution in [0.4, 0.5) is 0 Å². The molecule has 0 aliphatic carbocycles. The van der Waals surface area contributed by atoms with Gasteiger partial charge in [-0.05, 0) is 60.7 Å². The third kappa shape index (κ3) is 5.89. The summed E-state index contributed by atoms with van der Waals surface area (Å²) in [6.07, 6.45) is 10.2. The van der Waals surface area contributed by atoms with E-state index < -0.39 is 0 Å². The number of ether oxygens (including phenoxy) is 3. The number of carbonyl (C=O) groups is 1. The fourth-order valence-corrected chi connectivity index (χ4v) is 4.68. The summed E-state index contributed by atoms with van der Waals surface area (Å²) in [7, 11) is 0. The van der Waals surface area contributed by atoms with Gasteiger partial charge in [0, 0.05) is 47.8 Å². The number of aromatic nitrogens is 1. The minimum absolute atomic E-state index is 0.0789. The molecule has 0 saturated carbocycles. The summed E-state index contributed by atoms with van der Waals surface area (Å²) in [5, 5.41) is 0.607. The van der Waals surface area contributed by atoms with Crippen molar-refractivity contribution in [3.8, 4) is 22.6 Å². The van der Waals surface area contributed by atoms with Crippen molar-refractivity contribution in [2.24, 2.45) is 0 Å². The second kappa shape index (κ2) is 11.6. The maximum absolute atomic E-state index is 13.1. The van der Waals surface area contributed by atoms with Gasteiger partial charge in [0.15, 0.2) is 11.5 Å². The van der Waals surface area contributed by atoms with Crippen LogP contribution in [0.3, 0.4) is 0 Å². The molecule has 6 nitrogen and oxygen atoms in total. The molecule has 7 heteroatoms. The van der Waals surface area contributed by atoms with Gasteiger partial charge < -0.3 is 19.1 Å². The predicted molar refractivity (Wildman–Crippen MR) is 140 cm³/mol. The predicted octanol–water partition coefficient (Wildman–Crippen LogP) is 5.78. The van der Waals surface area contributed by atoms with Crippen LogP contribution in [0.1, 0.15) is 30.4 Å². The van der Waals surface area contributed by atoms with Crippen molar-refractivity contribution >= 4 is 23.6 Å². The largest absolute Gasteiger partial charge is 0.487 e. The second-order valence-corrected chi connectivity index (χ2v) is 9.37. The molecule has 0 N–H and O–H groups in total. The molecule has 5 rings (SSSR count). The van der Waals surface area contributed by atoms with Gasteiger partial charge in [0.2, 0.25) is 5.91 Å². The normalized spacial score (nSPS) is 17.8. The first kappa shape index (κ1) is 24.3. The Labute approximate surface area is 216 Å². The van der Waals surface area contributed by atoms with E-state index in [4.69, 9.17) is 25.8 Å². The van der Waals surface area contributed by atoms with Crippen LogP contribution in [0.5, 0.6) is 11.5 Å². The molecular weight excluding hydrogens is 476 g/mol. The van der Waals surface area contributed by atoms with Crippen LogP contribution in [0.2, 0.25) is 5.02 Å². The topological polar surface area (TPSA) is 60.9 Å². The Hall–Kier alpha value is -3.35. The van der Waals surface area contributed by atoms with Crippen molar-refractivity contribution < 1.29 is 19.0 Å². The first-order valence-corrected chi connectivity index (χ1v) is 12.7. The highest BCUT2D eigenvalue weighted by molar-refractivity contribution is 6.32. The summed E-state index contributed by atoms with van der Waals surface area (Å²) in [6, 6.07) is 15.4. The summed E-state index contributed by atoms with van der Waals surface area (Å²) in [5.41, 5.74) is 3.64. The fourth-order valence-electron chi connectivity index (χ4n) is 4.48. The molecule has 0 bridgehead atoms. The van der Waals surface area contributed by atoms with Gasteiger partial charge in [0.1, 0.15) is 13.2 Å². The van der Waals surface area contributed by atoms with Gasteiger partial charge >= 0.3 is 0 Å². The van der Waals surface area contributed by atoms with Crippen LogP contribution in [0.25, 0.3) is 17.2 Å². The molecule has 1 fully saturated rings. The minimum Gasteiger partial charge on any atom is -0.487 e. The Balaban J connectivity index is 1.41. The minimum atomic E-state index is -0.101. The molecule has 3 aromatic rings. The zero-order chi connectivity index (χ0) is 24.7. The molecule has 186 valence electrons. The number of fused-ring (bicyclic) bond motifs is 1. The number of carbonyl (C=O) groups excluding carboxylic acids is 1. The lowest BCUT2D eigenvalue weighted by Gasteiger charge is -2.24. The third-order valence-corrected chi connectivity index (χ3v) is 6.76. The number of pyridine rings is 1.